The quantitative estimate of drug-likeness (QED) is 0.589. The normalized spacial score (nSPS) is 14.4. The van der Waals surface area contributed by atoms with Crippen molar-refractivity contribution >= 4 is 38.3 Å². The molecule has 0 fully saturated rings. The molecule has 0 atom stereocenters. The van der Waals surface area contributed by atoms with Gasteiger partial charge in [0.15, 0.2) is 5.13 Å². The van der Waals surface area contributed by atoms with Gasteiger partial charge >= 0.3 is 6.09 Å². The number of non-ortho nitro benzene ring substituents is 1. The third-order valence-corrected chi connectivity index (χ3v) is 6.72. The van der Waals surface area contributed by atoms with Crippen molar-refractivity contribution in [1.29, 1.82) is 0 Å². The molecule has 1 aliphatic heterocycles. The Morgan fingerprint density at radius 2 is 2.11 bits per heavy atom. The molecule has 1 aliphatic rings. The number of carbonyl (C=O) groups is 1. The summed E-state index contributed by atoms with van der Waals surface area (Å²) in [5, 5.41) is 13.6. The zero-order chi connectivity index (χ0) is 19.6. The monoisotopic (exact) mass is 412 g/mol. The van der Waals surface area contributed by atoms with Gasteiger partial charge in [0.25, 0.3) is 5.69 Å². The molecule has 1 N–H and O–H groups in total. The molecule has 10 nitrogen and oxygen atoms in total. The summed E-state index contributed by atoms with van der Waals surface area (Å²) in [6.07, 6.45) is -0.207. The summed E-state index contributed by atoms with van der Waals surface area (Å²) in [7, 11) is -3.79. The Labute approximate surface area is 159 Å². The van der Waals surface area contributed by atoms with Crippen LogP contribution in [0, 0.1) is 10.1 Å². The highest BCUT2D eigenvalue weighted by atomic mass is 32.2. The smallest absolute Gasteiger partial charge is 0.413 e. The number of nitro groups is 1. The third-order valence-electron chi connectivity index (χ3n) is 3.87. The lowest BCUT2D eigenvalue weighted by Crippen LogP contribution is -2.35. The highest BCUT2D eigenvalue weighted by Gasteiger charge is 2.31. The van der Waals surface area contributed by atoms with Crippen molar-refractivity contribution in [3.05, 3.63) is 45.0 Å². The lowest BCUT2D eigenvalue weighted by atomic mass is 10.2. The van der Waals surface area contributed by atoms with Crippen LogP contribution in [0.2, 0.25) is 0 Å². The number of nitro benzene ring substituents is 1. The molecule has 27 heavy (non-hydrogen) atoms. The van der Waals surface area contributed by atoms with E-state index in [4.69, 9.17) is 4.74 Å². The Balaban J connectivity index is 1.77. The molecule has 2 aromatic rings. The number of amides is 1. The van der Waals surface area contributed by atoms with Crippen LogP contribution in [0.5, 0.6) is 0 Å². The fourth-order valence-electron chi connectivity index (χ4n) is 2.57. The topological polar surface area (TPSA) is 132 Å². The van der Waals surface area contributed by atoms with Gasteiger partial charge in [-0.1, -0.05) is 11.3 Å². The van der Waals surface area contributed by atoms with E-state index in [-0.39, 0.29) is 30.3 Å². The van der Waals surface area contributed by atoms with Crippen molar-refractivity contribution in [2.24, 2.45) is 0 Å². The third kappa shape index (κ3) is 4.07. The number of thiazole rings is 1. The molecule has 0 saturated heterocycles. The number of anilines is 1. The maximum atomic E-state index is 12.8. The van der Waals surface area contributed by atoms with Gasteiger partial charge in [-0.2, -0.15) is 4.31 Å². The van der Waals surface area contributed by atoms with E-state index in [1.54, 1.807) is 6.92 Å². The summed E-state index contributed by atoms with van der Waals surface area (Å²) < 4.78 is 31.7. The number of hydrogen-bond donors (Lipinski definition) is 1. The SMILES string of the molecule is CCOC(=O)Nc1nc2c(s1)CN(S(=O)(=O)c1ccc([N+](=O)[O-])cc1)CC2. The van der Waals surface area contributed by atoms with Crippen LogP contribution >= 0.6 is 11.3 Å². The Hall–Kier alpha value is -2.57. The van der Waals surface area contributed by atoms with Gasteiger partial charge in [-0.15, -0.1) is 0 Å². The molecule has 0 radical (unpaired) electrons. The van der Waals surface area contributed by atoms with Crippen LogP contribution in [-0.4, -0.2) is 41.9 Å². The number of aromatic nitrogens is 1. The molecule has 144 valence electrons. The Kier molecular flexibility index (Phi) is 5.39. The number of nitrogens with zero attached hydrogens (tertiary/aromatic N) is 3. The van der Waals surface area contributed by atoms with Crippen molar-refractivity contribution in [2.75, 3.05) is 18.5 Å². The van der Waals surface area contributed by atoms with Crippen molar-refractivity contribution < 1.29 is 22.9 Å². The number of rotatable bonds is 5. The van der Waals surface area contributed by atoms with Gasteiger partial charge in [-0.05, 0) is 19.1 Å². The molecule has 0 saturated carbocycles. The fourth-order valence-corrected chi connectivity index (χ4v) is 5.07. The van der Waals surface area contributed by atoms with Crippen molar-refractivity contribution in [3.63, 3.8) is 0 Å². The average molecular weight is 412 g/mol. The highest BCUT2D eigenvalue weighted by molar-refractivity contribution is 7.89. The number of fused-ring (bicyclic) bond motifs is 1. The summed E-state index contributed by atoms with van der Waals surface area (Å²) in [5.74, 6) is 0. The zero-order valence-electron chi connectivity index (χ0n) is 14.2. The number of hydrogen-bond acceptors (Lipinski definition) is 8. The van der Waals surface area contributed by atoms with Crippen LogP contribution in [0.15, 0.2) is 29.2 Å². The molecule has 2 heterocycles. The fraction of sp³-hybridized carbons (Fsp3) is 0.333. The Bertz CT molecular complexity index is 971. The predicted octanol–water partition coefficient (Wildman–Crippen LogP) is 2.37. The number of nitrogens with one attached hydrogen (secondary N) is 1. The molecular weight excluding hydrogens is 396 g/mol. The van der Waals surface area contributed by atoms with E-state index in [2.05, 4.69) is 10.3 Å². The lowest BCUT2D eigenvalue weighted by Gasteiger charge is -2.25. The van der Waals surface area contributed by atoms with Gasteiger partial charge in [0, 0.05) is 30.0 Å². The molecule has 1 aromatic carbocycles. The predicted molar refractivity (Wildman–Crippen MR) is 97.2 cm³/mol. The van der Waals surface area contributed by atoms with Gasteiger partial charge < -0.3 is 4.74 Å². The second-order valence-electron chi connectivity index (χ2n) is 5.57. The number of carbonyl (C=O) groups excluding carboxylic acids is 1. The Morgan fingerprint density at radius 1 is 1.41 bits per heavy atom. The van der Waals surface area contributed by atoms with Crippen LogP contribution in [0.3, 0.4) is 0 Å². The van der Waals surface area contributed by atoms with E-state index >= 15 is 0 Å². The van der Waals surface area contributed by atoms with E-state index in [9.17, 15) is 23.3 Å². The number of ether oxygens (including phenoxy) is 1. The van der Waals surface area contributed by atoms with Crippen molar-refractivity contribution in [3.8, 4) is 0 Å². The highest BCUT2D eigenvalue weighted by Crippen LogP contribution is 2.31. The van der Waals surface area contributed by atoms with E-state index < -0.39 is 21.0 Å². The molecule has 0 unspecified atom stereocenters. The first-order valence-corrected chi connectivity index (χ1v) is 10.2. The van der Waals surface area contributed by atoms with Crippen LogP contribution in [-0.2, 0) is 27.7 Å². The Morgan fingerprint density at radius 3 is 2.74 bits per heavy atom. The van der Waals surface area contributed by atoms with Crippen LogP contribution in [0.1, 0.15) is 17.5 Å². The van der Waals surface area contributed by atoms with E-state index in [0.29, 0.717) is 11.6 Å². The number of benzene rings is 1. The molecule has 0 aliphatic carbocycles. The van der Waals surface area contributed by atoms with Crippen LogP contribution in [0.4, 0.5) is 15.6 Å². The molecule has 1 amide bonds. The first-order valence-electron chi connectivity index (χ1n) is 7.98. The summed E-state index contributed by atoms with van der Waals surface area (Å²) in [4.78, 5) is 26.7. The molecule has 1 aromatic heterocycles. The molecule has 3 rings (SSSR count). The molecule has 0 spiro atoms. The van der Waals surface area contributed by atoms with E-state index in [1.165, 1.54) is 27.8 Å². The standard InChI is InChI=1S/C15H16N4O6S2/c1-2-25-15(20)17-14-16-12-7-8-18(9-13(12)26-14)27(23,24)11-5-3-10(4-6-11)19(21)22/h3-6H,2,7-9H2,1H3,(H,16,17,20). The van der Waals surface area contributed by atoms with E-state index in [1.807, 2.05) is 0 Å². The second kappa shape index (κ2) is 7.58. The maximum absolute atomic E-state index is 12.8. The molecule has 12 heteroatoms. The first kappa shape index (κ1) is 19.2. The first-order chi connectivity index (χ1) is 12.8. The van der Waals surface area contributed by atoms with Gasteiger partial charge in [0.1, 0.15) is 0 Å². The van der Waals surface area contributed by atoms with Crippen LogP contribution < -0.4 is 5.32 Å². The van der Waals surface area contributed by atoms with Crippen molar-refractivity contribution in [1.82, 2.24) is 9.29 Å². The summed E-state index contributed by atoms with van der Waals surface area (Å²) in [6, 6.07) is 4.78. The lowest BCUT2D eigenvalue weighted by molar-refractivity contribution is -0.384. The minimum Gasteiger partial charge on any atom is -0.450 e. The zero-order valence-corrected chi connectivity index (χ0v) is 15.9. The average Bonchev–Trinajstić information content (AvgIpc) is 3.03. The summed E-state index contributed by atoms with van der Waals surface area (Å²) >= 11 is 1.19. The molecular formula is C15H16N4O6S2. The second-order valence-corrected chi connectivity index (χ2v) is 8.60. The van der Waals surface area contributed by atoms with Gasteiger partial charge in [-0.3, -0.25) is 15.4 Å². The molecule has 0 bridgehead atoms. The maximum Gasteiger partial charge on any atom is 0.413 e. The van der Waals surface area contributed by atoms with Gasteiger partial charge in [0.05, 0.1) is 28.7 Å². The van der Waals surface area contributed by atoms with Crippen molar-refractivity contribution in [2.45, 2.75) is 24.8 Å². The summed E-state index contributed by atoms with van der Waals surface area (Å²) in [5.41, 5.74) is 0.564. The van der Waals surface area contributed by atoms with Gasteiger partial charge in [0.2, 0.25) is 10.0 Å². The van der Waals surface area contributed by atoms with Crippen LogP contribution in [0.25, 0.3) is 0 Å². The summed E-state index contributed by atoms with van der Waals surface area (Å²) in [6.45, 7) is 2.28. The minimum atomic E-state index is -3.79. The minimum absolute atomic E-state index is 0.00839. The largest absolute Gasteiger partial charge is 0.450 e. The number of sulfonamides is 1. The van der Waals surface area contributed by atoms with E-state index in [0.717, 1.165) is 22.7 Å². The van der Waals surface area contributed by atoms with Gasteiger partial charge in [-0.25, -0.2) is 18.2 Å².